The Bertz CT molecular complexity index is 906. The van der Waals surface area contributed by atoms with Crippen molar-refractivity contribution in [2.45, 2.75) is 12.5 Å². The van der Waals surface area contributed by atoms with E-state index < -0.39 is 0 Å². The average Bonchev–Trinajstić information content (AvgIpc) is 3.31. The van der Waals surface area contributed by atoms with E-state index in [2.05, 4.69) is 30.5 Å². The first-order chi connectivity index (χ1) is 12.6. The van der Waals surface area contributed by atoms with Crippen molar-refractivity contribution in [3.8, 4) is 28.1 Å². The number of likely N-dealkylation sites (N-methyl/N-ethyl adjacent to an activating group) is 1. The van der Waals surface area contributed by atoms with Gasteiger partial charge in [-0.25, -0.2) is 4.98 Å². The number of aryl methyl sites for hydroxylation is 1. The van der Waals surface area contributed by atoms with E-state index in [4.69, 9.17) is 0 Å². The van der Waals surface area contributed by atoms with Gasteiger partial charge in [-0.3, -0.25) is 4.68 Å². The van der Waals surface area contributed by atoms with Gasteiger partial charge < -0.3 is 15.3 Å². The highest BCUT2D eigenvalue weighted by Gasteiger charge is 2.23. The van der Waals surface area contributed by atoms with E-state index in [1.54, 1.807) is 23.1 Å². The Morgan fingerprint density at radius 1 is 1.19 bits per heavy atom. The number of anilines is 1. The molecule has 1 fully saturated rings. The molecule has 134 valence electrons. The quantitative estimate of drug-likeness (QED) is 0.735. The molecule has 0 aliphatic carbocycles. The minimum Gasteiger partial charge on any atom is -0.507 e. The summed E-state index contributed by atoms with van der Waals surface area (Å²) in [5.41, 5.74) is 3.00. The predicted octanol–water partition coefficient (Wildman–Crippen LogP) is 1.44. The summed E-state index contributed by atoms with van der Waals surface area (Å²) in [6, 6.07) is 5.93. The summed E-state index contributed by atoms with van der Waals surface area (Å²) in [5.74, 6) is 0.768. The van der Waals surface area contributed by atoms with Crippen molar-refractivity contribution in [1.29, 1.82) is 0 Å². The zero-order valence-corrected chi connectivity index (χ0v) is 14.8. The second-order valence-electron chi connectivity index (χ2n) is 6.50. The van der Waals surface area contributed by atoms with Gasteiger partial charge in [0.05, 0.1) is 12.4 Å². The Hall–Kier alpha value is -3.00. The molecule has 1 saturated heterocycles. The number of phenols is 1. The molecule has 1 aliphatic rings. The van der Waals surface area contributed by atoms with E-state index in [-0.39, 0.29) is 5.75 Å². The number of hydrogen-bond donors (Lipinski definition) is 2. The van der Waals surface area contributed by atoms with Gasteiger partial charge in [0.1, 0.15) is 11.4 Å². The van der Waals surface area contributed by atoms with Crippen molar-refractivity contribution < 1.29 is 5.11 Å². The van der Waals surface area contributed by atoms with Gasteiger partial charge in [-0.2, -0.15) is 5.10 Å². The Morgan fingerprint density at radius 2 is 2.08 bits per heavy atom. The summed E-state index contributed by atoms with van der Waals surface area (Å²) < 4.78 is 1.73. The summed E-state index contributed by atoms with van der Waals surface area (Å²) >= 11 is 0. The van der Waals surface area contributed by atoms with Gasteiger partial charge in [-0.15, -0.1) is 10.2 Å². The van der Waals surface area contributed by atoms with Crippen molar-refractivity contribution >= 4 is 5.95 Å². The number of rotatable bonds is 4. The molecule has 8 heteroatoms. The third-order valence-corrected chi connectivity index (χ3v) is 4.74. The fraction of sp³-hybridized carbons (Fsp3) is 0.333. The normalized spacial score (nSPS) is 17.0. The van der Waals surface area contributed by atoms with Crippen LogP contribution in [0.25, 0.3) is 22.4 Å². The zero-order chi connectivity index (χ0) is 18.1. The van der Waals surface area contributed by atoms with Crippen LogP contribution < -0.4 is 10.2 Å². The first kappa shape index (κ1) is 16.5. The monoisotopic (exact) mass is 351 g/mol. The number of hydrogen-bond acceptors (Lipinski definition) is 7. The fourth-order valence-electron chi connectivity index (χ4n) is 3.21. The topological polar surface area (TPSA) is 92.0 Å². The maximum Gasteiger partial charge on any atom is 0.245 e. The van der Waals surface area contributed by atoms with E-state index in [1.807, 2.05) is 32.4 Å². The summed E-state index contributed by atoms with van der Waals surface area (Å²) in [7, 11) is 3.83. The molecule has 3 heterocycles. The second kappa shape index (κ2) is 6.72. The lowest BCUT2D eigenvalue weighted by molar-refractivity contribution is 0.477. The Morgan fingerprint density at radius 3 is 2.69 bits per heavy atom. The molecular formula is C18H21N7O. The number of phenolic OH excluding ortho intramolecular Hbond substituents is 1. The van der Waals surface area contributed by atoms with Crippen LogP contribution in [-0.2, 0) is 7.05 Å². The average molecular weight is 351 g/mol. The molecule has 2 N–H and O–H groups in total. The summed E-state index contributed by atoms with van der Waals surface area (Å²) in [5, 5.41) is 26.4. The molecule has 3 aromatic rings. The summed E-state index contributed by atoms with van der Waals surface area (Å²) in [6.45, 7) is 1.79. The van der Waals surface area contributed by atoms with Gasteiger partial charge in [0.2, 0.25) is 5.95 Å². The predicted molar refractivity (Wildman–Crippen MR) is 98.8 cm³/mol. The highest BCUT2D eigenvalue weighted by Crippen LogP contribution is 2.32. The highest BCUT2D eigenvalue weighted by atomic mass is 16.3. The Balaban J connectivity index is 1.56. The van der Waals surface area contributed by atoms with Crippen molar-refractivity contribution in [2.24, 2.45) is 7.05 Å². The molecule has 0 bridgehead atoms. The molecular weight excluding hydrogens is 330 g/mol. The molecule has 4 rings (SSSR count). The number of aromatic hydroxyl groups is 1. The van der Waals surface area contributed by atoms with Crippen LogP contribution in [0, 0.1) is 0 Å². The van der Waals surface area contributed by atoms with Gasteiger partial charge in [-0.05, 0) is 31.2 Å². The SMILES string of the molecule is CNC1CCN(c2ncc(-c3ccc(-c4cnn(C)c4)cc3O)nn2)C1. The van der Waals surface area contributed by atoms with Crippen LogP contribution in [-0.4, -0.2) is 56.2 Å². The molecule has 1 aliphatic heterocycles. The Kier molecular flexibility index (Phi) is 4.26. The first-order valence-electron chi connectivity index (χ1n) is 8.58. The van der Waals surface area contributed by atoms with Crippen molar-refractivity contribution in [3.05, 3.63) is 36.8 Å². The molecule has 0 amide bonds. The highest BCUT2D eigenvalue weighted by molar-refractivity contribution is 5.73. The third-order valence-electron chi connectivity index (χ3n) is 4.74. The van der Waals surface area contributed by atoms with Crippen molar-refractivity contribution in [1.82, 2.24) is 30.3 Å². The number of nitrogens with one attached hydrogen (secondary N) is 1. The van der Waals surface area contributed by atoms with Gasteiger partial charge in [0.15, 0.2) is 0 Å². The van der Waals surface area contributed by atoms with Gasteiger partial charge in [0.25, 0.3) is 0 Å². The molecule has 26 heavy (non-hydrogen) atoms. The number of nitrogens with zero attached hydrogens (tertiary/aromatic N) is 6. The Labute approximate surface area is 151 Å². The third kappa shape index (κ3) is 3.11. The van der Waals surface area contributed by atoms with Crippen LogP contribution in [0.4, 0.5) is 5.95 Å². The molecule has 0 radical (unpaired) electrons. The summed E-state index contributed by atoms with van der Waals surface area (Å²) in [4.78, 5) is 6.55. The van der Waals surface area contributed by atoms with Crippen molar-refractivity contribution in [3.63, 3.8) is 0 Å². The van der Waals surface area contributed by atoms with Gasteiger partial charge in [-0.1, -0.05) is 6.07 Å². The standard InChI is InChI=1S/C18H21N7O/c1-19-14-5-6-25(11-14)18-20-9-16(22-23-18)15-4-3-12(7-17(15)26)13-8-21-24(2)10-13/h3-4,7-10,14,19,26H,5-6,11H2,1-2H3. The summed E-state index contributed by atoms with van der Waals surface area (Å²) in [6.07, 6.45) is 6.39. The van der Waals surface area contributed by atoms with E-state index >= 15 is 0 Å². The molecule has 1 atom stereocenters. The van der Waals surface area contributed by atoms with Crippen molar-refractivity contribution in [2.75, 3.05) is 25.0 Å². The van der Waals surface area contributed by atoms with Crippen LogP contribution in [0.2, 0.25) is 0 Å². The van der Waals surface area contributed by atoms with Crippen LogP contribution in [0.15, 0.2) is 36.8 Å². The molecule has 0 saturated carbocycles. The molecule has 1 unspecified atom stereocenters. The van der Waals surface area contributed by atoms with Crippen LogP contribution >= 0.6 is 0 Å². The van der Waals surface area contributed by atoms with Crippen LogP contribution in [0.3, 0.4) is 0 Å². The first-order valence-corrected chi connectivity index (χ1v) is 8.58. The largest absolute Gasteiger partial charge is 0.507 e. The molecule has 2 aromatic heterocycles. The lowest BCUT2D eigenvalue weighted by Crippen LogP contribution is -2.30. The van der Waals surface area contributed by atoms with Crippen LogP contribution in [0.5, 0.6) is 5.75 Å². The maximum absolute atomic E-state index is 10.4. The maximum atomic E-state index is 10.4. The van der Waals surface area contributed by atoms with Gasteiger partial charge >= 0.3 is 0 Å². The number of benzene rings is 1. The van der Waals surface area contributed by atoms with Crippen LogP contribution in [0.1, 0.15) is 6.42 Å². The zero-order valence-electron chi connectivity index (χ0n) is 14.8. The van der Waals surface area contributed by atoms with Gasteiger partial charge in [0, 0.05) is 43.5 Å². The minimum atomic E-state index is 0.145. The van der Waals surface area contributed by atoms with E-state index in [1.165, 1.54) is 0 Å². The molecule has 8 nitrogen and oxygen atoms in total. The molecule has 1 aromatic carbocycles. The van der Waals surface area contributed by atoms with E-state index in [0.29, 0.717) is 23.2 Å². The second-order valence-corrected chi connectivity index (χ2v) is 6.50. The van der Waals surface area contributed by atoms with E-state index in [0.717, 1.165) is 30.6 Å². The molecule has 0 spiro atoms. The lowest BCUT2D eigenvalue weighted by Gasteiger charge is -2.15. The fourth-order valence-corrected chi connectivity index (χ4v) is 3.21. The number of aromatic nitrogens is 5. The van der Waals surface area contributed by atoms with E-state index in [9.17, 15) is 5.11 Å². The minimum absolute atomic E-state index is 0.145. The smallest absolute Gasteiger partial charge is 0.245 e. The lowest BCUT2D eigenvalue weighted by atomic mass is 10.0.